The maximum atomic E-state index is 12.7. The molecule has 2 aromatic rings. The third-order valence-electron chi connectivity index (χ3n) is 3.16. The fourth-order valence-electron chi connectivity index (χ4n) is 2.20. The molecule has 0 radical (unpaired) electrons. The lowest BCUT2D eigenvalue weighted by molar-refractivity contribution is -0.0328. The molecule has 2 rings (SSSR count). The molecule has 0 unspecified atom stereocenters. The van der Waals surface area contributed by atoms with Gasteiger partial charge in [-0.3, -0.25) is 4.79 Å². The minimum atomic E-state index is -4.47. The SMILES string of the molecule is CCOc1ccc(NC(=O)c2ccccc2SC(F)(F)F)cc1OCC. The molecule has 1 N–H and O–H groups in total. The average Bonchev–Trinajstić information content (AvgIpc) is 2.56. The summed E-state index contributed by atoms with van der Waals surface area (Å²) in [5.74, 6) is 0.342. The second-order valence-corrected chi connectivity index (χ2v) is 6.13. The molecule has 4 nitrogen and oxygen atoms in total. The van der Waals surface area contributed by atoms with Crippen molar-refractivity contribution in [1.29, 1.82) is 0 Å². The molecular weight excluding hydrogens is 367 g/mol. The highest BCUT2D eigenvalue weighted by Gasteiger charge is 2.31. The smallest absolute Gasteiger partial charge is 0.446 e. The van der Waals surface area contributed by atoms with Crippen molar-refractivity contribution in [2.24, 2.45) is 0 Å². The summed E-state index contributed by atoms with van der Waals surface area (Å²) in [7, 11) is 0. The number of carbonyl (C=O) groups is 1. The van der Waals surface area contributed by atoms with E-state index in [1.165, 1.54) is 24.3 Å². The minimum absolute atomic E-state index is 0.0540. The Hall–Kier alpha value is -2.35. The van der Waals surface area contributed by atoms with Gasteiger partial charge in [0.05, 0.1) is 18.8 Å². The van der Waals surface area contributed by atoms with Crippen molar-refractivity contribution in [3.63, 3.8) is 0 Å². The number of halogens is 3. The van der Waals surface area contributed by atoms with E-state index in [1.54, 1.807) is 18.2 Å². The molecule has 0 saturated heterocycles. The van der Waals surface area contributed by atoms with Crippen LogP contribution in [0.15, 0.2) is 47.4 Å². The third kappa shape index (κ3) is 5.59. The topological polar surface area (TPSA) is 47.6 Å². The molecular formula is C18H18F3NO3S. The summed E-state index contributed by atoms with van der Waals surface area (Å²) in [6.07, 6.45) is 0. The van der Waals surface area contributed by atoms with Crippen molar-refractivity contribution in [2.45, 2.75) is 24.3 Å². The number of alkyl halides is 3. The first-order chi connectivity index (χ1) is 12.3. The van der Waals surface area contributed by atoms with E-state index < -0.39 is 11.4 Å². The highest BCUT2D eigenvalue weighted by molar-refractivity contribution is 8.00. The molecule has 0 saturated carbocycles. The van der Waals surface area contributed by atoms with E-state index >= 15 is 0 Å². The van der Waals surface area contributed by atoms with Crippen molar-refractivity contribution in [1.82, 2.24) is 0 Å². The van der Waals surface area contributed by atoms with Gasteiger partial charge in [-0.25, -0.2) is 0 Å². The quantitative estimate of drug-likeness (QED) is 0.653. The van der Waals surface area contributed by atoms with Gasteiger partial charge in [-0.1, -0.05) is 12.1 Å². The zero-order valence-corrected chi connectivity index (χ0v) is 15.0. The van der Waals surface area contributed by atoms with Gasteiger partial charge in [0.1, 0.15) is 0 Å². The lowest BCUT2D eigenvalue weighted by Crippen LogP contribution is -2.14. The molecule has 0 aliphatic heterocycles. The number of amides is 1. The molecule has 0 atom stereocenters. The summed E-state index contributed by atoms with van der Waals surface area (Å²) in [5.41, 5.74) is -4.13. The van der Waals surface area contributed by atoms with Crippen LogP contribution in [0.25, 0.3) is 0 Å². The van der Waals surface area contributed by atoms with Crippen LogP contribution in [0.4, 0.5) is 18.9 Å². The third-order valence-corrected chi connectivity index (χ3v) is 3.97. The summed E-state index contributed by atoms with van der Waals surface area (Å²) in [6.45, 7) is 4.50. The monoisotopic (exact) mass is 385 g/mol. The van der Waals surface area contributed by atoms with Crippen LogP contribution in [0, 0.1) is 0 Å². The molecule has 0 fully saturated rings. The van der Waals surface area contributed by atoms with Crippen LogP contribution in [-0.2, 0) is 0 Å². The molecule has 0 bridgehead atoms. The normalized spacial score (nSPS) is 11.1. The number of hydrogen-bond donors (Lipinski definition) is 1. The lowest BCUT2D eigenvalue weighted by atomic mass is 10.2. The predicted octanol–water partition coefficient (Wildman–Crippen LogP) is 5.35. The van der Waals surface area contributed by atoms with E-state index in [9.17, 15) is 18.0 Å². The first kappa shape index (κ1) is 20.0. The molecule has 8 heteroatoms. The first-order valence-electron chi connectivity index (χ1n) is 7.89. The van der Waals surface area contributed by atoms with E-state index in [0.717, 1.165) is 0 Å². The summed E-state index contributed by atoms with van der Waals surface area (Å²) in [5, 5.41) is 2.60. The molecule has 1 amide bonds. The van der Waals surface area contributed by atoms with E-state index in [0.29, 0.717) is 30.4 Å². The zero-order chi connectivity index (χ0) is 19.2. The molecule has 0 heterocycles. The van der Waals surface area contributed by atoms with Gasteiger partial charge in [-0.2, -0.15) is 13.2 Å². The number of thioether (sulfide) groups is 1. The standard InChI is InChI=1S/C18H18F3NO3S/c1-3-24-14-10-9-12(11-15(14)25-4-2)22-17(23)13-7-5-6-8-16(13)26-18(19,20)21/h5-11H,3-4H2,1-2H3,(H,22,23). The van der Waals surface area contributed by atoms with Gasteiger partial charge in [-0.15, -0.1) is 0 Å². The average molecular weight is 385 g/mol. The van der Waals surface area contributed by atoms with Gasteiger partial charge < -0.3 is 14.8 Å². The van der Waals surface area contributed by atoms with Crippen LogP contribution < -0.4 is 14.8 Å². The fraction of sp³-hybridized carbons (Fsp3) is 0.278. The summed E-state index contributed by atoms with van der Waals surface area (Å²) >= 11 is -0.319. The maximum absolute atomic E-state index is 12.7. The largest absolute Gasteiger partial charge is 0.490 e. The second-order valence-electron chi connectivity index (χ2n) is 5.03. The molecule has 0 spiro atoms. The van der Waals surface area contributed by atoms with Crippen LogP contribution in [0.5, 0.6) is 11.5 Å². The summed E-state index contributed by atoms with van der Waals surface area (Å²) in [6, 6.07) is 10.4. The Balaban J connectivity index is 2.24. The lowest BCUT2D eigenvalue weighted by Gasteiger charge is -2.14. The van der Waals surface area contributed by atoms with E-state index in [2.05, 4.69) is 5.32 Å². The fourth-order valence-corrected chi connectivity index (χ4v) is 2.86. The summed E-state index contributed by atoms with van der Waals surface area (Å²) < 4.78 is 48.9. The van der Waals surface area contributed by atoms with Crippen LogP contribution >= 0.6 is 11.8 Å². The van der Waals surface area contributed by atoms with Crippen molar-refractivity contribution >= 4 is 23.4 Å². The number of nitrogens with one attached hydrogen (secondary N) is 1. The minimum Gasteiger partial charge on any atom is -0.490 e. The maximum Gasteiger partial charge on any atom is 0.446 e. The number of benzene rings is 2. The van der Waals surface area contributed by atoms with E-state index in [-0.39, 0.29) is 22.2 Å². The molecule has 0 aromatic heterocycles. The highest BCUT2D eigenvalue weighted by atomic mass is 32.2. The van der Waals surface area contributed by atoms with E-state index in [4.69, 9.17) is 9.47 Å². The van der Waals surface area contributed by atoms with Crippen LogP contribution in [0.2, 0.25) is 0 Å². The number of hydrogen-bond acceptors (Lipinski definition) is 4. The van der Waals surface area contributed by atoms with Crippen molar-refractivity contribution in [2.75, 3.05) is 18.5 Å². The second kappa shape index (κ2) is 8.84. The molecule has 2 aromatic carbocycles. The number of ether oxygens (including phenoxy) is 2. The van der Waals surface area contributed by atoms with Gasteiger partial charge in [-0.05, 0) is 49.9 Å². The van der Waals surface area contributed by atoms with Crippen molar-refractivity contribution in [3.05, 3.63) is 48.0 Å². The van der Waals surface area contributed by atoms with Crippen molar-refractivity contribution < 1.29 is 27.4 Å². The zero-order valence-electron chi connectivity index (χ0n) is 14.2. The molecule has 26 heavy (non-hydrogen) atoms. The number of anilines is 1. The Morgan fingerprint density at radius 2 is 1.69 bits per heavy atom. The highest BCUT2D eigenvalue weighted by Crippen LogP contribution is 2.38. The van der Waals surface area contributed by atoms with Crippen LogP contribution in [0.1, 0.15) is 24.2 Å². The first-order valence-corrected chi connectivity index (χ1v) is 8.71. The molecule has 140 valence electrons. The van der Waals surface area contributed by atoms with Crippen LogP contribution in [0.3, 0.4) is 0 Å². The Bertz CT molecular complexity index is 766. The van der Waals surface area contributed by atoms with Crippen molar-refractivity contribution in [3.8, 4) is 11.5 Å². The summed E-state index contributed by atoms with van der Waals surface area (Å²) in [4.78, 5) is 12.3. The number of rotatable bonds is 7. The van der Waals surface area contributed by atoms with E-state index in [1.807, 2.05) is 13.8 Å². The molecule has 0 aliphatic carbocycles. The Labute approximate surface area is 153 Å². The molecule has 0 aliphatic rings. The Morgan fingerprint density at radius 3 is 2.35 bits per heavy atom. The van der Waals surface area contributed by atoms with Gasteiger partial charge >= 0.3 is 5.51 Å². The van der Waals surface area contributed by atoms with Gasteiger partial charge in [0.25, 0.3) is 5.91 Å². The van der Waals surface area contributed by atoms with Gasteiger partial charge in [0, 0.05) is 16.6 Å². The van der Waals surface area contributed by atoms with Gasteiger partial charge in [0.15, 0.2) is 11.5 Å². The predicted molar refractivity (Wildman–Crippen MR) is 95.1 cm³/mol. The van der Waals surface area contributed by atoms with Gasteiger partial charge in [0.2, 0.25) is 0 Å². The number of carbonyl (C=O) groups excluding carboxylic acids is 1. The van der Waals surface area contributed by atoms with Crippen LogP contribution in [-0.4, -0.2) is 24.6 Å². The Kier molecular flexibility index (Phi) is 6.79. The Morgan fingerprint density at radius 1 is 1.04 bits per heavy atom.